The molecule has 2 rings (SSSR count). The molecule has 1 aromatic rings. The fraction of sp³-hybridized carbons (Fsp3) is 0.200. The lowest BCUT2D eigenvalue weighted by molar-refractivity contribution is -0.287. The molecule has 0 unspecified atom stereocenters. The number of hydrogen-bond donors (Lipinski definition) is 4. The van der Waals surface area contributed by atoms with Crippen molar-refractivity contribution in [1.82, 2.24) is 10.3 Å². The molecule has 1 aromatic carbocycles. The number of benzene rings is 1. The highest BCUT2D eigenvalue weighted by molar-refractivity contribution is 5.69. The van der Waals surface area contributed by atoms with Gasteiger partial charge in [-0.15, -0.1) is 10.3 Å². The fourth-order valence-corrected chi connectivity index (χ4v) is 1.76. The van der Waals surface area contributed by atoms with Crippen LogP contribution in [0.5, 0.6) is 17.2 Å². The molecule has 98 valence electrons. The van der Waals surface area contributed by atoms with Gasteiger partial charge in [0.1, 0.15) is 0 Å². The third kappa shape index (κ3) is 1.55. The Morgan fingerprint density at radius 1 is 1.00 bits per heavy atom. The molecule has 0 saturated heterocycles. The van der Waals surface area contributed by atoms with Crippen LogP contribution in [0.1, 0.15) is 0 Å². The molecule has 0 bridgehead atoms. The summed E-state index contributed by atoms with van der Waals surface area (Å²) in [5, 5.41) is 30.0. The highest BCUT2D eigenvalue weighted by Gasteiger charge is 2.21. The van der Waals surface area contributed by atoms with Gasteiger partial charge in [0.2, 0.25) is 5.75 Å². The number of hydrazine groups is 1. The van der Waals surface area contributed by atoms with Gasteiger partial charge >= 0.3 is 0 Å². The zero-order chi connectivity index (χ0) is 13.4. The van der Waals surface area contributed by atoms with Crippen LogP contribution >= 0.6 is 0 Å². The number of fused-ring (bicyclic) bond motifs is 1. The zero-order valence-electron chi connectivity index (χ0n) is 9.78. The lowest BCUT2D eigenvalue weighted by atomic mass is 10.1. The zero-order valence-corrected chi connectivity index (χ0v) is 9.78. The molecule has 0 aliphatic carbocycles. The summed E-state index contributed by atoms with van der Waals surface area (Å²) in [5.74, 6) is -0.0432. The predicted molar refractivity (Wildman–Crippen MR) is 61.1 cm³/mol. The van der Waals surface area contributed by atoms with Crippen LogP contribution in [-0.4, -0.2) is 40.1 Å². The molecule has 5 N–H and O–H groups in total. The van der Waals surface area contributed by atoms with Crippen LogP contribution in [0.4, 0.5) is 5.69 Å². The van der Waals surface area contributed by atoms with Gasteiger partial charge in [0.05, 0.1) is 37.5 Å². The molecule has 1 aliphatic rings. The van der Waals surface area contributed by atoms with Crippen LogP contribution in [0.15, 0.2) is 0 Å². The van der Waals surface area contributed by atoms with Gasteiger partial charge in [-0.25, -0.2) is 0 Å². The number of hydroxylamine groups is 2. The molecule has 18 heavy (non-hydrogen) atoms. The van der Waals surface area contributed by atoms with Gasteiger partial charge in [0.25, 0.3) is 0 Å². The van der Waals surface area contributed by atoms with Gasteiger partial charge in [0.15, 0.2) is 11.5 Å². The summed E-state index contributed by atoms with van der Waals surface area (Å²) in [7, 11) is 2.73. The Morgan fingerprint density at radius 2 is 1.50 bits per heavy atom. The number of ether oxygens (including phenoxy) is 2. The molecule has 8 heteroatoms. The largest absolute Gasteiger partial charge is 0.504 e. The number of nitrogens with zero attached hydrogens (tertiary/aromatic N) is 2. The molecule has 0 atom stereocenters. The standard InChI is InChI=1S/C10H13N3O5/c1-17-9-7(11)5-3-12(15)13(16)4-6(5)8(14)10(9)18-2/h3-4,14-16H,11H2,1-2H3. The first-order chi connectivity index (χ1) is 8.51. The number of nitrogens with two attached hydrogens (primary N) is 1. The van der Waals surface area contributed by atoms with Crippen molar-refractivity contribution in [3.05, 3.63) is 10.4 Å². The Hall–Kier alpha value is -2.32. The minimum atomic E-state index is -0.248. The normalized spacial score (nSPS) is 13.6. The summed E-state index contributed by atoms with van der Waals surface area (Å²) >= 11 is 0. The molecule has 0 amide bonds. The number of anilines is 1. The van der Waals surface area contributed by atoms with Crippen molar-refractivity contribution in [2.24, 2.45) is 0 Å². The molecule has 1 aliphatic heterocycles. The van der Waals surface area contributed by atoms with Crippen molar-refractivity contribution in [1.29, 1.82) is 0 Å². The molecule has 0 fully saturated rings. The summed E-state index contributed by atoms with van der Waals surface area (Å²) in [5.41, 5.74) is 6.03. The van der Waals surface area contributed by atoms with E-state index in [0.29, 0.717) is 15.6 Å². The number of hydrogen-bond acceptors (Lipinski definition) is 8. The average molecular weight is 255 g/mol. The first-order valence-electron chi connectivity index (χ1n) is 4.93. The smallest absolute Gasteiger partial charge is 0.205 e. The van der Waals surface area contributed by atoms with E-state index in [0.717, 1.165) is 12.4 Å². The van der Waals surface area contributed by atoms with Crippen LogP contribution < -0.4 is 25.6 Å². The Balaban J connectivity index is 2.91. The van der Waals surface area contributed by atoms with Crippen LogP contribution in [0.3, 0.4) is 0 Å². The Labute approximate surface area is 102 Å². The minimum Gasteiger partial charge on any atom is -0.504 e. The predicted octanol–water partition coefficient (Wildman–Crippen LogP) is -1.22. The van der Waals surface area contributed by atoms with E-state index in [9.17, 15) is 15.5 Å². The maximum absolute atomic E-state index is 10.0. The van der Waals surface area contributed by atoms with Crippen molar-refractivity contribution in [3.63, 3.8) is 0 Å². The quantitative estimate of drug-likeness (QED) is 0.384. The van der Waals surface area contributed by atoms with Crippen LogP contribution in [0.25, 0.3) is 12.4 Å². The molecular formula is C10H13N3O5. The second-order valence-corrected chi connectivity index (χ2v) is 3.56. The Kier molecular flexibility index (Phi) is 2.81. The molecule has 0 radical (unpaired) electrons. The van der Waals surface area contributed by atoms with Crippen LogP contribution in [0, 0.1) is 0 Å². The molecule has 8 nitrogen and oxygen atoms in total. The highest BCUT2D eigenvalue weighted by Crippen LogP contribution is 2.36. The van der Waals surface area contributed by atoms with Crippen molar-refractivity contribution in [2.45, 2.75) is 0 Å². The lowest BCUT2D eigenvalue weighted by Gasteiger charge is -2.24. The van der Waals surface area contributed by atoms with E-state index in [1.807, 2.05) is 0 Å². The van der Waals surface area contributed by atoms with E-state index >= 15 is 0 Å². The van der Waals surface area contributed by atoms with E-state index in [4.69, 9.17) is 15.2 Å². The van der Waals surface area contributed by atoms with E-state index in [2.05, 4.69) is 0 Å². The maximum atomic E-state index is 10.0. The summed E-state index contributed by atoms with van der Waals surface area (Å²) in [4.78, 5) is 0. The van der Waals surface area contributed by atoms with E-state index < -0.39 is 0 Å². The number of methoxy groups -OCH3 is 2. The SMILES string of the molecule is COc1c(OC)c(O)c2c(c1N)=CN(O)N(O)C=2. The summed E-state index contributed by atoms with van der Waals surface area (Å²) < 4.78 is 10.1. The topological polar surface area (TPSA) is 112 Å². The van der Waals surface area contributed by atoms with Crippen molar-refractivity contribution in [3.8, 4) is 17.2 Å². The maximum Gasteiger partial charge on any atom is 0.205 e. The van der Waals surface area contributed by atoms with Gasteiger partial charge < -0.3 is 20.3 Å². The van der Waals surface area contributed by atoms with E-state index in [1.165, 1.54) is 14.2 Å². The van der Waals surface area contributed by atoms with E-state index in [1.54, 1.807) is 0 Å². The first-order valence-corrected chi connectivity index (χ1v) is 4.93. The first kappa shape index (κ1) is 12.1. The van der Waals surface area contributed by atoms with E-state index in [-0.39, 0.29) is 28.2 Å². The van der Waals surface area contributed by atoms with Crippen molar-refractivity contribution >= 4 is 18.1 Å². The second-order valence-electron chi connectivity index (χ2n) is 3.56. The monoisotopic (exact) mass is 255 g/mol. The summed E-state index contributed by atoms with van der Waals surface area (Å²) in [6.45, 7) is 0. The number of aromatic hydroxyl groups is 1. The fourth-order valence-electron chi connectivity index (χ4n) is 1.76. The highest BCUT2D eigenvalue weighted by atomic mass is 16.7. The van der Waals surface area contributed by atoms with Crippen molar-refractivity contribution < 1.29 is 25.0 Å². The van der Waals surface area contributed by atoms with Gasteiger partial charge in [-0.1, -0.05) is 0 Å². The average Bonchev–Trinajstić information content (AvgIpc) is 2.35. The Bertz CT molecular complexity index is 548. The van der Waals surface area contributed by atoms with Gasteiger partial charge in [0, 0.05) is 5.22 Å². The molecular weight excluding hydrogens is 242 g/mol. The van der Waals surface area contributed by atoms with Crippen molar-refractivity contribution in [2.75, 3.05) is 20.0 Å². The van der Waals surface area contributed by atoms with Crippen LogP contribution in [0.2, 0.25) is 0 Å². The number of nitrogen functional groups attached to an aromatic ring is 1. The number of phenolic OH excluding ortho intramolecular Hbond substituents is 1. The van der Waals surface area contributed by atoms with Gasteiger partial charge in [-0.3, -0.25) is 10.4 Å². The summed E-state index contributed by atoms with van der Waals surface area (Å²) in [6.07, 6.45) is 2.22. The molecule has 0 spiro atoms. The lowest BCUT2D eigenvalue weighted by Crippen LogP contribution is -2.43. The number of phenols is 1. The van der Waals surface area contributed by atoms with Gasteiger partial charge in [-0.2, -0.15) is 0 Å². The van der Waals surface area contributed by atoms with Gasteiger partial charge in [-0.05, 0) is 0 Å². The molecule has 0 aromatic heterocycles. The summed E-state index contributed by atoms with van der Waals surface area (Å²) in [6, 6.07) is 0. The number of rotatable bonds is 2. The van der Waals surface area contributed by atoms with Crippen LogP contribution in [-0.2, 0) is 0 Å². The third-order valence-corrected chi connectivity index (χ3v) is 2.61. The second kappa shape index (κ2) is 4.17. The molecule has 1 heterocycles. The minimum absolute atomic E-state index is 0.0539. The third-order valence-electron chi connectivity index (χ3n) is 2.61. The molecule has 0 saturated carbocycles. The Morgan fingerprint density at radius 3 is 2.00 bits per heavy atom.